The molecule has 0 atom stereocenters. The average Bonchev–Trinajstić information content (AvgIpc) is 2.49. The largest absolute Gasteiger partial charge is 0.478 e. The van der Waals surface area contributed by atoms with Gasteiger partial charge in [-0.2, -0.15) is 0 Å². The summed E-state index contributed by atoms with van der Waals surface area (Å²) in [6, 6.07) is 5.22. The summed E-state index contributed by atoms with van der Waals surface area (Å²) in [4.78, 5) is 10.6. The van der Waals surface area contributed by atoms with Gasteiger partial charge in [-0.05, 0) is 29.7 Å². The minimum Gasteiger partial charge on any atom is -0.478 e. The van der Waals surface area contributed by atoms with Crippen LogP contribution in [0.15, 0.2) is 24.3 Å². The van der Waals surface area contributed by atoms with Crippen molar-refractivity contribution >= 4 is 12.0 Å². The number of rotatable bonds is 1. The molecular weight excluding hydrogens is 152 g/mol. The fraction of sp³-hybridized carbons (Fsp3) is 0.100. The summed E-state index contributed by atoms with van der Waals surface area (Å²) < 4.78 is 0. The molecule has 0 aliphatic heterocycles. The predicted molar refractivity (Wildman–Crippen MR) is 46.1 cm³/mol. The van der Waals surface area contributed by atoms with E-state index in [1.54, 1.807) is 12.1 Å². The molecule has 0 fully saturated rings. The second-order valence-corrected chi connectivity index (χ2v) is 2.83. The Morgan fingerprint density at radius 1 is 1.42 bits per heavy atom. The zero-order chi connectivity index (χ0) is 8.55. The fourth-order valence-corrected chi connectivity index (χ4v) is 1.39. The molecule has 0 amide bonds. The fourth-order valence-electron chi connectivity index (χ4n) is 1.39. The van der Waals surface area contributed by atoms with Crippen LogP contribution in [0, 0.1) is 0 Å². The van der Waals surface area contributed by atoms with Gasteiger partial charge >= 0.3 is 5.97 Å². The number of aromatic carboxylic acids is 1. The normalized spacial score (nSPS) is 13.0. The van der Waals surface area contributed by atoms with E-state index in [9.17, 15) is 4.79 Å². The summed E-state index contributed by atoms with van der Waals surface area (Å²) in [5.74, 6) is -0.857. The number of carboxylic acids is 1. The van der Waals surface area contributed by atoms with Crippen LogP contribution >= 0.6 is 0 Å². The van der Waals surface area contributed by atoms with Gasteiger partial charge in [-0.1, -0.05) is 18.2 Å². The van der Waals surface area contributed by atoms with Crippen molar-refractivity contribution in [3.05, 3.63) is 41.0 Å². The van der Waals surface area contributed by atoms with Crippen molar-refractivity contribution in [3.8, 4) is 0 Å². The number of carbonyl (C=O) groups is 1. The van der Waals surface area contributed by atoms with Crippen LogP contribution in [0.3, 0.4) is 0 Å². The number of benzene rings is 1. The van der Waals surface area contributed by atoms with E-state index < -0.39 is 5.97 Å². The molecule has 1 aliphatic rings. The number of fused-ring (bicyclic) bond motifs is 1. The van der Waals surface area contributed by atoms with E-state index >= 15 is 0 Å². The van der Waals surface area contributed by atoms with E-state index in [4.69, 9.17) is 5.11 Å². The van der Waals surface area contributed by atoms with Gasteiger partial charge in [0.2, 0.25) is 0 Å². The Morgan fingerprint density at radius 2 is 2.25 bits per heavy atom. The highest BCUT2D eigenvalue weighted by atomic mass is 16.4. The zero-order valence-electron chi connectivity index (χ0n) is 6.45. The quantitative estimate of drug-likeness (QED) is 0.681. The van der Waals surface area contributed by atoms with Crippen molar-refractivity contribution in [2.24, 2.45) is 0 Å². The molecule has 0 saturated carbocycles. The summed E-state index contributed by atoms with van der Waals surface area (Å²) in [6.45, 7) is 0. The SMILES string of the molecule is O=C(O)c1ccc2c(c1)CC=C2. The third kappa shape index (κ3) is 1.01. The van der Waals surface area contributed by atoms with Crippen LogP contribution in [0.2, 0.25) is 0 Å². The van der Waals surface area contributed by atoms with Crippen LogP contribution in [0.1, 0.15) is 21.5 Å². The first-order valence-electron chi connectivity index (χ1n) is 3.80. The maximum absolute atomic E-state index is 10.6. The molecule has 0 bridgehead atoms. The predicted octanol–water partition coefficient (Wildman–Crippen LogP) is 1.95. The van der Waals surface area contributed by atoms with Crippen molar-refractivity contribution in [1.82, 2.24) is 0 Å². The molecule has 2 heteroatoms. The Hall–Kier alpha value is -1.57. The summed E-state index contributed by atoms with van der Waals surface area (Å²) in [5, 5.41) is 8.70. The first-order valence-corrected chi connectivity index (χ1v) is 3.80. The molecule has 12 heavy (non-hydrogen) atoms. The van der Waals surface area contributed by atoms with Gasteiger partial charge in [-0.3, -0.25) is 0 Å². The molecule has 1 N–H and O–H groups in total. The molecule has 0 spiro atoms. The lowest BCUT2D eigenvalue weighted by atomic mass is 10.1. The van der Waals surface area contributed by atoms with Crippen molar-refractivity contribution in [2.45, 2.75) is 6.42 Å². The Labute approximate surface area is 70.2 Å². The molecular formula is C10H8O2. The summed E-state index contributed by atoms with van der Waals surface area (Å²) in [5.41, 5.74) is 2.62. The number of hydrogen-bond acceptors (Lipinski definition) is 1. The lowest BCUT2D eigenvalue weighted by molar-refractivity contribution is 0.0697. The smallest absolute Gasteiger partial charge is 0.335 e. The third-order valence-corrected chi connectivity index (χ3v) is 2.03. The van der Waals surface area contributed by atoms with Gasteiger partial charge in [0.25, 0.3) is 0 Å². The Bertz CT molecular complexity index is 364. The van der Waals surface area contributed by atoms with Gasteiger partial charge < -0.3 is 5.11 Å². The molecule has 60 valence electrons. The Kier molecular flexibility index (Phi) is 1.47. The highest BCUT2D eigenvalue weighted by molar-refractivity contribution is 5.88. The molecule has 1 aromatic rings. The van der Waals surface area contributed by atoms with Crippen molar-refractivity contribution in [1.29, 1.82) is 0 Å². The van der Waals surface area contributed by atoms with Crippen molar-refractivity contribution in [2.75, 3.05) is 0 Å². The molecule has 0 aromatic heterocycles. The van der Waals surface area contributed by atoms with Crippen LogP contribution in [0.25, 0.3) is 6.08 Å². The standard InChI is InChI=1S/C10H8O2/c11-10(12)9-5-4-7-2-1-3-8(7)6-9/h1-2,4-6H,3H2,(H,11,12). The molecule has 0 heterocycles. The van der Waals surface area contributed by atoms with Gasteiger partial charge in [-0.15, -0.1) is 0 Å². The maximum atomic E-state index is 10.6. The van der Waals surface area contributed by atoms with Crippen LogP contribution in [0.4, 0.5) is 0 Å². The van der Waals surface area contributed by atoms with E-state index in [2.05, 4.69) is 0 Å². The molecule has 2 rings (SSSR count). The minimum atomic E-state index is -0.857. The Balaban J connectivity index is 2.49. The minimum absolute atomic E-state index is 0.373. The molecule has 2 nitrogen and oxygen atoms in total. The molecule has 0 saturated heterocycles. The molecule has 0 radical (unpaired) electrons. The van der Waals surface area contributed by atoms with E-state index in [1.165, 1.54) is 0 Å². The molecule has 1 aliphatic carbocycles. The first-order chi connectivity index (χ1) is 5.77. The average molecular weight is 160 g/mol. The van der Waals surface area contributed by atoms with Gasteiger partial charge in [0.1, 0.15) is 0 Å². The van der Waals surface area contributed by atoms with Crippen LogP contribution in [-0.2, 0) is 6.42 Å². The topological polar surface area (TPSA) is 37.3 Å². The zero-order valence-corrected chi connectivity index (χ0v) is 6.45. The third-order valence-electron chi connectivity index (χ3n) is 2.03. The van der Waals surface area contributed by atoms with Gasteiger partial charge in [0, 0.05) is 0 Å². The van der Waals surface area contributed by atoms with Crippen LogP contribution < -0.4 is 0 Å². The number of allylic oxidation sites excluding steroid dienone is 1. The van der Waals surface area contributed by atoms with E-state index in [1.807, 2.05) is 18.2 Å². The molecule has 1 aromatic carbocycles. The maximum Gasteiger partial charge on any atom is 0.335 e. The van der Waals surface area contributed by atoms with Gasteiger partial charge in [0.05, 0.1) is 5.56 Å². The van der Waals surface area contributed by atoms with Crippen LogP contribution in [0.5, 0.6) is 0 Å². The molecule has 0 unspecified atom stereocenters. The number of carboxylic acid groups (broad SMARTS) is 1. The van der Waals surface area contributed by atoms with E-state index in [0.717, 1.165) is 17.5 Å². The van der Waals surface area contributed by atoms with Crippen molar-refractivity contribution in [3.63, 3.8) is 0 Å². The first kappa shape index (κ1) is 7.10. The summed E-state index contributed by atoms with van der Waals surface area (Å²) in [6.07, 6.45) is 4.91. The monoisotopic (exact) mass is 160 g/mol. The van der Waals surface area contributed by atoms with Gasteiger partial charge in [-0.25, -0.2) is 4.79 Å². The highest BCUT2D eigenvalue weighted by Gasteiger charge is 2.08. The Morgan fingerprint density at radius 3 is 3.00 bits per heavy atom. The lowest BCUT2D eigenvalue weighted by Gasteiger charge is -1.99. The lowest BCUT2D eigenvalue weighted by Crippen LogP contribution is -1.97. The summed E-state index contributed by atoms with van der Waals surface area (Å²) in [7, 11) is 0. The number of hydrogen-bond donors (Lipinski definition) is 1. The van der Waals surface area contributed by atoms with Gasteiger partial charge in [0.15, 0.2) is 0 Å². The van der Waals surface area contributed by atoms with Crippen LogP contribution in [-0.4, -0.2) is 11.1 Å². The van der Waals surface area contributed by atoms with Crippen molar-refractivity contribution < 1.29 is 9.90 Å². The van der Waals surface area contributed by atoms with E-state index in [0.29, 0.717) is 5.56 Å². The summed E-state index contributed by atoms with van der Waals surface area (Å²) >= 11 is 0. The van der Waals surface area contributed by atoms with E-state index in [-0.39, 0.29) is 0 Å². The second-order valence-electron chi connectivity index (χ2n) is 2.83. The second kappa shape index (κ2) is 2.48. The highest BCUT2D eigenvalue weighted by Crippen LogP contribution is 2.20.